The molecule has 0 radical (unpaired) electrons. The summed E-state index contributed by atoms with van der Waals surface area (Å²) < 4.78 is 3.93. The van der Waals surface area contributed by atoms with E-state index in [1.165, 1.54) is 11.5 Å². The predicted molar refractivity (Wildman–Crippen MR) is 58.8 cm³/mol. The molecule has 1 unspecified atom stereocenters. The smallest absolute Gasteiger partial charge is 0.202 e. The van der Waals surface area contributed by atoms with Gasteiger partial charge in [-0.25, -0.2) is 9.97 Å². The van der Waals surface area contributed by atoms with Crippen molar-refractivity contribution in [2.75, 3.05) is 5.32 Å². The van der Waals surface area contributed by atoms with E-state index in [0.29, 0.717) is 0 Å². The Labute approximate surface area is 90.2 Å². The minimum Gasteiger partial charge on any atom is -0.351 e. The molecule has 0 spiro atoms. The highest BCUT2D eigenvalue weighted by Gasteiger charge is 2.10. The number of rotatable bonds is 3. The third-order valence-corrected chi connectivity index (χ3v) is 3.45. The van der Waals surface area contributed by atoms with Gasteiger partial charge < -0.3 is 5.32 Å². The van der Waals surface area contributed by atoms with Gasteiger partial charge in [0.2, 0.25) is 5.13 Å². The molecule has 0 aliphatic carbocycles. The van der Waals surface area contributed by atoms with Crippen LogP contribution in [0.1, 0.15) is 23.7 Å². The van der Waals surface area contributed by atoms with Gasteiger partial charge in [-0.1, -0.05) is 0 Å². The second kappa shape index (κ2) is 4.02. The summed E-state index contributed by atoms with van der Waals surface area (Å²) in [4.78, 5) is 8.47. The summed E-state index contributed by atoms with van der Waals surface area (Å²) in [5.41, 5.74) is 1.07. The van der Waals surface area contributed by atoms with Gasteiger partial charge in [0.15, 0.2) is 0 Å². The van der Waals surface area contributed by atoms with Crippen LogP contribution < -0.4 is 5.32 Å². The van der Waals surface area contributed by atoms with E-state index in [-0.39, 0.29) is 6.04 Å². The summed E-state index contributed by atoms with van der Waals surface area (Å²) in [6.07, 6.45) is 1.55. The molecule has 2 heterocycles. The molecule has 2 aromatic rings. The number of aryl methyl sites for hydroxylation is 1. The molecule has 0 aromatic carbocycles. The average Bonchev–Trinajstić information content (AvgIpc) is 2.75. The first-order valence-corrected chi connectivity index (χ1v) is 5.86. The topological polar surface area (TPSA) is 50.7 Å². The first-order valence-electron chi connectivity index (χ1n) is 4.21. The number of aromatic nitrogens is 3. The van der Waals surface area contributed by atoms with Gasteiger partial charge in [0.25, 0.3) is 0 Å². The Balaban J connectivity index is 2.06. The first kappa shape index (κ1) is 9.54. The Bertz CT molecular complexity index is 395. The Kier molecular flexibility index (Phi) is 2.74. The van der Waals surface area contributed by atoms with Crippen molar-refractivity contribution < 1.29 is 0 Å². The van der Waals surface area contributed by atoms with Gasteiger partial charge in [-0.05, 0) is 13.8 Å². The van der Waals surface area contributed by atoms with E-state index in [1.54, 1.807) is 17.7 Å². The van der Waals surface area contributed by atoms with E-state index in [0.717, 1.165) is 15.8 Å². The third kappa shape index (κ3) is 2.08. The van der Waals surface area contributed by atoms with Crippen molar-refractivity contribution in [2.24, 2.45) is 0 Å². The lowest BCUT2D eigenvalue weighted by Gasteiger charge is -2.08. The fourth-order valence-corrected chi connectivity index (χ4v) is 2.38. The molecule has 0 saturated heterocycles. The summed E-state index contributed by atoms with van der Waals surface area (Å²) in [5.74, 6) is 0. The molecule has 14 heavy (non-hydrogen) atoms. The van der Waals surface area contributed by atoms with Gasteiger partial charge in [-0.3, -0.25) is 0 Å². The van der Waals surface area contributed by atoms with Crippen LogP contribution in [0.4, 0.5) is 5.13 Å². The fraction of sp³-hybridized carbons (Fsp3) is 0.375. The Morgan fingerprint density at radius 2 is 2.36 bits per heavy atom. The highest BCUT2D eigenvalue weighted by molar-refractivity contribution is 7.10. The van der Waals surface area contributed by atoms with Crippen LogP contribution >= 0.6 is 22.9 Å². The second-order valence-corrected chi connectivity index (χ2v) is 4.61. The van der Waals surface area contributed by atoms with Crippen LogP contribution in [0.2, 0.25) is 0 Å². The van der Waals surface area contributed by atoms with Crippen LogP contribution in [-0.4, -0.2) is 14.3 Å². The molecule has 1 N–H and O–H groups in total. The molecule has 0 saturated carbocycles. The highest BCUT2D eigenvalue weighted by Crippen LogP contribution is 2.22. The number of nitrogens with one attached hydrogen (secondary N) is 1. The van der Waals surface area contributed by atoms with Gasteiger partial charge in [0.05, 0.1) is 6.04 Å². The van der Waals surface area contributed by atoms with Crippen molar-refractivity contribution in [3.63, 3.8) is 0 Å². The van der Waals surface area contributed by atoms with E-state index >= 15 is 0 Å². The molecule has 2 rings (SSSR count). The van der Waals surface area contributed by atoms with E-state index < -0.39 is 0 Å². The van der Waals surface area contributed by atoms with Crippen molar-refractivity contribution in [2.45, 2.75) is 19.9 Å². The predicted octanol–water partition coefficient (Wildman–Crippen LogP) is 2.48. The number of hydrogen-bond acceptors (Lipinski definition) is 6. The zero-order chi connectivity index (χ0) is 9.97. The Hall–Kier alpha value is -1.01. The lowest BCUT2D eigenvalue weighted by molar-refractivity contribution is 0.861. The van der Waals surface area contributed by atoms with Crippen molar-refractivity contribution in [1.82, 2.24) is 14.3 Å². The number of nitrogens with zero attached hydrogens (tertiary/aromatic N) is 3. The molecular formula is C8H10N4S2. The first-order chi connectivity index (χ1) is 6.75. The van der Waals surface area contributed by atoms with Crippen molar-refractivity contribution in [3.8, 4) is 0 Å². The van der Waals surface area contributed by atoms with E-state index in [2.05, 4.69) is 26.6 Å². The maximum absolute atomic E-state index is 4.40. The summed E-state index contributed by atoms with van der Waals surface area (Å²) in [5, 5.41) is 7.21. The minimum atomic E-state index is 0.196. The van der Waals surface area contributed by atoms with Crippen LogP contribution in [0.3, 0.4) is 0 Å². The summed E-state index contributed by atoms with van der Waals surface area (Å²) in [6.45, 7) is 4.07. The highest BCUT2D eigenvalue weighted by atomic mass is 32.1. The molecule has 6 heteroatoms. The summed E-state index contributed by atoms with van der Waals surface area (Å²) in [7, 11) is 0. The molecule has 1 atom stereocenters. The standard InChI is InChI=1S/C8H10N4S2/c1-5-3-13-7(11-5)6(2)12-8-9-4-10-14-8/h3-4,6H,1-2H3,(H,9,10,12). The molecule has 4 nitrogen and oxygen atoms in total. The molecule has 0 bridgehead atoms. The molecule has 0 aliphatic heterocycles. The minimum absolute atomic E-state index is 0.196. The lowest BCUT2D eigenvalue weighted by Crippen LogP contribution is -2.05. The fourth-order valence-electron chi connectivity index (χ4n) is 1.05. The maximum atomic E-state index is 4.40. The van der Waals surface area contributed by atoms with Crippen LogP contribution in [0, 0.1) is 6.92 Å². The molecule has 0 fully saturated rings. The maximum Gasteiger partial charge on any atom is 0.202 e. The molecular weight excluding hydrogens is 216 g/mol. The van der Waals surface area contributed by atoms with Crippen molar-refractivity contribution in [3.05, 3.63) is 22.4 Å². The van der Waals surface area contributed by atoms with Gasteiger partial charge >= 0.3 is 0 Å². The van der Waals surface area contributed by atoms with E-state index in [1.807, 2.05) is 12.3 Å². The van der Waals surface area contributed by atoms with Crippen LogP contribution in [-0.2, 0) is 0 Å². The summed E-state index contributed by atoms with van der Waals surface area (Å²) >= 11 is 3.02. The van der Waals surface area contributed by atoms with Crippen LogP contribution in [0.25, 0.3) is 0 Å². The van der Waals surface area contributed by atoms with Crippen molar-refractivity contribution >= 4 is 28.0 Å². The SMILES string of the molecule is Cc1csc(C(C)Nc2ncns2)n1. The van der Waals surface area contributed by atoms with E-state index in [4.69, 9.17) is 0 Å². The zero-order valence-corrected chi connectivity index (χ0v) is 9.52. The number of anilines is 1. The normalized spacial score (nSPS) is 12.7. The number of hydrogen-bond donors (Lipinski definition) is 1. The van der Waals surface area contributed by atoms with Gasteiger partial charge in [-0.15, -0.1) is 11.3 Å². The Morgan fingerprint density at radius 1 is 1.50 bits per heavy atom. The van der Waals surface area contributed by atoms with Crippen LogP contribution in [0.15, 0.2) is 11.7 Å². The lowest BCUT2D eigenvalue weighted by atomic mass is 10.4. The molecule has 0 aliphatic rings. The van der Waals surface area contributed by atoms with E-state index in [9.17, 15) is 0 Å². The average molecular weight is 226 g/mol. The summed E-state index contributed by atoms with van der Waals surface area (Å²) in [6, 6.07) is 0.196. The van der Waals surface area contributed by atoms with Gasteiger partial charge in [-0.2, -0.15) is 4.37 Å². The monoisotopic (exact) mass is 226 g/mol. The largest absolute Gasteiger partial charge is 0.351 e. The van der Waals surface area contributed by atoms with Crippen LogP contribution in [0.5, 0.6) is 0 Å². The van der Waals surface area contributed by atoms with Gasteiger partial charge in [0, 0.05) is 22.6 Å². The second-order valence-electron chi connectivity index (χ2n) is 2.94. The molecule has 2 aromatic heterocycles. The third-order valence-electron chi connectivity index (χ3n) is 1.71. The number of thiazole rings is 1. The molecule has 0 amide bonds. The van der Waals surface area contributed by atoms with Crippen molar-refractivity contribution in [1.29, 1.82) is 0 Å². The van der Waals surface area contributed by atoms with Gasteiger partial charge in [0.1, 0.15) is 11.3 Å². The quantitative estimate of drug-likeness (QED) is 0.873. The zero-order valence-electron chi connectivity index (χ0n) is 7.89. The molecule has 74 valence electrons. The Morgan fingerprint density at radius 3 is 2.93 bits per heavy atom.